The van der Waals surface area contributed by atoms with E-state index in [0.717, 1.165) is 0 Å². The zero-order valence-corrected chi connectivity index (χ0v) is 10.9. The molecular formula is C11H12N4O3S. The van der Waals surface area contributed by atoms with E-state index in [4.69, 9.17) is 0 Å². The SMILES string of the molecule is Cn1cnnc1SCC(O)c1cccc([N+](=O)[O-])c1. The number of aryl methyl sites for hydroxylation is 1. The van der Waals surface area contributed by atoms with Crippen molar-refractivity contribution in [2.45, 2.75) is 11.3 Å². The average Bonchev–Trinajstić information content (AvgIpc) is 2.81. The van der Waals surface area contributed by atoms with Gasteiger partial charge in [-0.2, -0.15) is 0 Å². The predicted molar refractivity (Wildman–Crippen MR) is 69.8 cm³/mol. The van der Waals surface area contributed by atoms with Crippen molar-refractivity contribution in [3.63, 3.8) is 0 Å². The standard InChI is InChI=1S/C11H12N4O3S/c1-14-7-12-13-11(14)19-6-10(16)8-3-2-4-9(5-8)15(17)18/h2-5,7,10,16H,6H2,1H3. The highest BCUT2D eigenvalue weighted by Gasteiger charge is 2.14. The quantitative estimate of drug-likeness (QED) is 0.507. The van der Waals surface area contributed by atoms with Crippen molar-refractivity contribution < 1.29 is 10.0 Å². The van der Waals surface area contributed by atoms with Gasteiger partial charge in [-0.15, -0.1) is 10.2 Å². The van der Waals surface area contributed by atoms with Crippen molar-refractivity contribution in [1.29, 1.82) is 0 Å². The van der Waals surface area contributed by atoms with Gasteiger partial charge in [0.05, 0.1) is 11.0 Å². The van der Waals surface area contributed by atoms with Gasteiger partial charge in [0.2, 0.25) is 0 Å². The zero-order chi connectivity index (χ0) is 13.8. The van der Waals surface area contributed by atoms with E-state index in [0.29, 0.717) is 16.5 Å². The first-order valence-corrected chi connectivity index (χ1v) is 6.45. The van der Waals surface area contributed by atoms with Gasteiger partial charge in [-0.05, 0) is 5.56 Å². The van der Waals surface area contributed by atoms with Gasteiger partial charge in [0.25, 0.3) is 5.69 Å². The highest BCUT2D eigenvalue weighted by Crippen LogP contribution is 2.25. The topological polar surface area (TPSA) is 94.1 Å². The molecule has 0 aliphatic carbocycles. The maximum atomic E-state index is 10.7. The molecule has 0 fully saturated rings. The van der Waals surface area contributed by atoms with E-state index in [2.05, 4.69) is 10.2 Å². The van der Waals surface area contributed by atoms with E-state index in [9.17, 15) is 15.2 Å². The fourth-order valence-corrected chi connectivity index (χ4v) is 2.35. The summed E-state index contributed by atoms with van der Waals surface area (Å²) in [6.07, 6.45) is 0.781. The monoisotopic (exact) mass is 280 g/mol. The molecule has 1 atom stereocenters. The Balaban J connectivity index is 2.03. The maximum Gasteiger partial charge on any atom is 0.269 e. The Morgan fingerprint density at radius 2 is 2.37 bits per heavy atom. The summed E-state index contributed by atoms with van der Waals surface area (Å²) in [5, 5.41) is 29.0. The number of hydrogen-bond acceptors (Lipinski definition) is 6. The van der Waals surface area contributed by atoms with Crippen LogP contribution in [0.25, 0.3) is 0 Å². The largest absolute Gasteiger partial charge is 0.388 e. The summed E-state index contributed by atoms with van der Waals surface area (Å²) in [4.78, 5) is 10.2. The molecule has 1 unspecified atom stereocenters. The van der Waals surface area contributed by atoms with Crippen molar-refractivity contribution in [3.8, 4) is 0 Å². The molecule has 1 heterocycles. The van der Waals surface area contributed by atoms with Crippen LogP contribution in [0.15, 0.2) is 35.7 Å². The summed E-state index contributed by atoms with van der Waals surface area (Å²) >= 11 is 1.34. The van der Waals surface area contributed by atoms with Crippen LogP contribution in [0, 0.1) is 10.1 Å². The maximum absolute atomic E-state index is 10.7. The molecule has 0 saturated heterocycles. The van der Waals surface area contributed by atoms with Gasteiger partial charge < -0.3 is 9.67 Å². The smallest absolute Gasteiger partial charge is 0.269 e. The van der Waals surface area contributed by atoms with E-state index in [-0.39, 0.29) is 5.69 Å². The second kappa shape index (κ2) is 5.81. The van der Waals surface area contributed by atoms with Gasteiger partial charge in [0, 0.05) is 24.9 Å². The lowest BCUT2D eigenvalue weighted by Gasteiger charge is -2.09. The Morgan fingerprint density at radius 3 is 3.00 bits per heavy atom. The van der Waals surface area contributed by atoms with Crippen molar-refractivity contribution in [2.75, 3.05) is 5.75 Å². The van der Waals surface area contributed by atoms with Gasteiger partial charge in [0.1, 0.15) is 6.33 Å². The third kappa shape index (κ3) is 3.30. The molecule has 100 valence electrons. The van der Waals surface area contributed by atoms with Crippen LogP contribution in [-0.2, 0) is 7.05 Å². The molecule has 2 rings (SSSR count). The first-order valence-electron chi connectivity index (χ1n) is 5.47. The van der Waals surface area contributed by atoms with Gasteiger partial charge in [0.15, 0.2) is 5.16 Å². The molecule has 2 aromatic rings. The van der Waals surface area contributed by atoms with Crippen LogP contribution in [0.5, 0.6) is 0 Å². The first-order chi connectivity index (χ1) is 9.08. The fraction of sp³-hybridized carbons (Fsp3) is 0.273. The molecule has 0 aliphatic rings. The Hall–Kier alpha value is -1.93. The number of aliphatic hydroxyl groups is 1. The number of nitrogens with zero attached hydrogens (tertiary/aromatic N) is 4. The Bertz CT molecular complexity index is 587. The zero-order valence-electron chi connectivity index (χ0n) is 10.1. The van der Waals surface area contributed by atoms with Crippen LogP contribution in [0.2, 0.25) is 0 Å². The number of aromatic nitrogens is 3. The van der Waals surface area contributed by atoms with Crippen LogP contribution in [0.4, 0.5) is 5.69 Å². The summed E-state index contributed by atoms with van der Waals surface area (Å²) in [6, 6.07) is 5.99. The summed E-state index contributed by atoms with van der Waals surface area (Å²) in [6.45, 7) is 0. The van der Waals surface area contributed by atoms with E-state index < -0.39 is 11.0 Å². The molecule has 19 heavy (non-hydrogen) atoms. The number of non-ortho nitro benzene ring substituents is 1. The second-order valence-electron chi connectivity index (χ2n) is 3.90. The highest BCUT2D eigenvalue weighted by atomic mass is 32.2. The number of rotatable bonds is 5. The van der Waals surface area contributed by atoms with Crippen LogP contribution >= 0.6 is 11.8 Å². The molecule has 0 aliphatic heterocycles. The minimum absolute atomic E-state index is 0.0276. The van der Waals surface area contributed by atoms with Gasteiger partial charge in [-0.25, -0.2) is 0 Å². The van der Waals surface area contributed by atoms with Crippen LogP contribution < -0.4 is 0 Å². The normalized spacial score (nSPS) is 12.3. The molecule has 1 aromatic carbocycles. The van der Waals surface area contributed by atoms with E-state index >= 15 is 0 Å². The molecule has 0 amide bonds. The van der Waals surface area contributed by atoms with Gasteiger partial charge in [-0.1, -0.05) is 23.9 Å². The number of nitro groups is 1. The van der Waals surface area contributed by atoms with Crippen molar-refractivity contribution >= 4 is 17.4 Å². The third-order valence-corrected chi connectivity index (χ3v) is 3.62. The molecule has 0 spiro atoms. The fourth-order valence-electron chi connectivity index (χ4n) is 1.50. The summed E-state index contributed by atoms with van der Waals surface area (Å²) < 4.78 is 1.74. The van der Waals surface area contributed by atoms with E-state index in [1.807, 2.05) is 7.05 Å². The number of aliphatic hydroxyl groups excluding tert-OH is 1. The summed E-state index contributed by atoms with van der Waals surface area (Å²) in [7, 11) is 1.81. The van der Waals surface area contributed by atoms with Crippen molar-refractivity contribution in [2.24, 2.45) is 7.05 Å². The lowest BCUT2D eigenvalue weighted by Crippen LogP contribution is -2.02. The molecule has 8 heteroatoms. The second-order valence-corrected chi connectivity index (χ2v) is 4.89. The van der Waals surface area contributed by atoms with E-state index in [1.165, 1.54) is 23.9 Å². The summed E-state index contributed by atoms with van der Waals surface area (Å²) in [5.74, 6) is 0.355. The predicted octanol–water partition coefficient (Wildman–Crippen LogP) is 1.55. The Labute approximate surface area is 113 Å². The minimum Gasteiger partial charge on any atom is -0.388 e. The third-order valence-electron chi connectivity index (χ3n) is 2.51. The first kappa shape index (κ1) is 13.5. The van der Waals surface area contributed by atoms with Crippen molar-refractivity contribution in [3.05, 3.63) is 46.3 Å². The number of benzene rings is 1. The molecule has 0 radical (unpaired) electrons. The summed E-state index contributed by atoms with van der Waals surface area (Å²) in [5.41, 5.74) is 0.490. The molecule has 7 nitrogen and oxygen atoms in total. The highest BCUT2D eigenvalue weighted by molar-refractivity contribution is 7.99. The van der Waals surface area contributed by atoms with Crippen LogP contribution in [0.1, 0.15) is 11.7 Å². The number of thioether (sulfide) groups is 1. The van der Waals surface area contributed by atoms with Crippen LogP contribution in [-0.4, -0.2) is 30.5 Å². The van der Waals surface area contributed by atoms with Crippen LogP contribution in [0.3, 0.4) is 0 Å². The Morgan fingerprint density at radius 1 is 1.58 bits per heavy atom. The molecule has 0 saturated carbocycles. The average molecular weight is 280 g/mol. The number of nitro benzene ring substituents is 1. The van der Waals surface area contributed by atoms with Gasteiger partial charge in [-0.3, -0.25) is 10.1 Å². The molecule has 0 bridgehead atoms. The van der Waals surface area contributed by atoms with Crippen molar-refractivity contribution in [1.82, 2.24) is 14.8 Å². The number of hydrogen-bond donors (Lipinski definition) is 1. The minimum atomic E-state index is -0.790. The lowest BCUT2D eigenvalue weighted by atomic mass is 10.1. The molecule has 1 N–H and O–H groups in total. The molecule has 1 aromatic heterocycles. The molecular weight excluding hydrogens is 268 g/mol. The van der Waals surface area contributed by atoms with Gasteiger partial charge >= 0.3 is 0 Å². The lowest BCUT2D eigenvalue weighted by molar-refractivity contribution is -0.385. The van der Waals surface area contributed by atoms with E-state index in [1.54, 1.807) is 23.0 Å². The Kier molecular flexibility index (Phi) is 4.13.